The van der Waals surface area contributed by atoms with Crippen molar-refractivity contribution >= 4 is 11.8 Å². The number of hydrogen-bond acceptors (Lipinski definition) is 7. The van der Waals surface area contributed by atoms with Gasteiger partial charge in [-0.25, -0.2) is 9.78 Å². The number of carbonyl (C=O) groups is 1. The molecule has 1 atom stereocenters. The van der Waals surface area contributed by atoms with Gasteiger partial charge in [-0.15, -0.1) is 0 Å². The fourth-order valence-corrected chi connectivity index (χ4v) is 1.60. The third kappa shape index (κ3) is 3.35. The molecule has 1 aromatic rings. The fraction of sp³-hybridized carbons (Fsp3) is 0.333. The van der Waals surface area contributed by atoms with Crippen LogP contribution < -0.4 is 16.2 Å². The molecule has 7 nitrogen and oxygen atoms in total. The third-order valence-corrected chi connectivity index (χ3v) is 2.53. The molecule has 102 valence electrons. The highest BCUT2D eigenvalue weighted by atomic mass is 16.5. The number of pyridine rings is 1. The summed E-state index contributed by atoms with van der Waals surface area (Å²) in [7, 11) is 1.84. The van der Waals surface area contributed by atoms with Gasteiger partial charge in [0.05, 0.1) is 6.61 Å². The zero-order valence-corrected chi connectivity index (χ0v) is 10.9. The van der Waals surface area contributed by atoms with Crippen LogP contribution in [0, 0.1) is 0 Å². The van der Waals surface area contributed by atoms with Gasteiger partial charge >= 0.3 is 5.97 Å². The summed E-state index contributed by atoms with van der Waals surface area (Å²) in [6.07, 6.45) is 3.17. The number of hydrazine groups is 1. The third-order valence-electron chi connectivity index (χ3n) is 2.53. The Morgan fingerprint density at radius 2 is 2.42 bits per heavy atom. The van der Waals surface area contributed by atoms with Gasteiger partial charge in [0.1, 0.15) is 5.82 Å². The van der Waals surface area contributed by atoms with Gasteiger partial charge in [-0.3, -0.25) is 0 Å². The summed E-state index contributed by atoms with van der Waals surface area (Å²) < 4.78 is 4.91. The Bertz CT molecular complexity index is 462. The first-order chi connectivity index (χ1) is 9.20. The van der Waals surface area contributed by atoms with E-state index in [0.717, 1.165) is 5.82 Å². The Morgan fingerprint density at radius 1 is 1.58 bits per heavy atom. The molecule has 0 bridgehead atoms. The van der Waals surface area contributed by atoms with E-state index in [4.69, 9.17) is 4.74 Å². The Kier molecular flexibility index (Phi) is 4.19. The molecular formula is C12H17N5O2. The lowest BCUT2D eigenvalue weighted by atomic mass is 10.4. The van der Waals surface area contributed by atoms with Crippen molar-refractivity contribution in [2.45, 2.75) is 13.2 Å². The van der Waals surface area contributed by atoms with Gasteiger partial charge in [-0.1, -0.05) is 6.07 Å². The molecule has 1 unspecified atom stereocenters. The van der Waals surface area contributed by atoms with Gasteiger partial charge in [-0.2, -0.15) is 5.43 Å². The van der Waals surface area contributed by atoms with Crippen molar-refractivity contribution in [2.24, 2.45) is 0 Å². The normalized spacial score (nSPS) is 18.3. The molecule has 2 heterocycles. The van der Waals surface area contributed by atoms with Crippen molar-refractivity contribution in [2.75, 3.05) is 19.0 Å². The maximum atomic E-state index is 11.6. The molecule has 2 rings (SSSR count). The van der Waals surface area contributed by atoms with Gasteiger partial charge in [-0.05, 0) is 19.1 Å². The van der Waals surface area contributed by atoms with Gasteiger partial charge in [0.15, 0.2) is 12.0 Å². The number of anilines is 1. The van der Waals surface area contributed by atoms with Crippen molar-refractivity contribution in [1.82, 2.24) is 20.7 Å². The first-order valence-corrected chi connectivity index (χ1v) is 6.00. The molecule has 0 saturated heterocycles. The molecule has 0 spiro atoms. The maximum Gasteiger partial charge on any atom is 0.357 e. The molecule has 0 fully saturated rings. The second-order valence-corrected chi connectivity index (χ2v) is 3.96. The molecule has 19 heavy (non-hydrogen) atoms. The number of hydrogen-bond donors (Lipinski definition) is 3. The predicted molar refractivity (Wildman–Crippen MR) is 70.4 cm³/mol. The standard InChI is InChI=1S/C12H17N5O2/c1-3-19-11(18)9-8-17(2)12(16-15-9)14-10-6-4-5-7-13-10/h4-8,12,15-16H,3H2,1-2H3,(H,13,14). The minimum Gasteiger partial charge on any atom is -0.461 e. The van der Waals surface area contributed by atoms with Crippen molar-refractivity contribution in [3.05, 3.63) is 36.3 Å². The van der Waals surface area contributed by atoms with Gasteiger partial charge < -0.3 is 20.4 Å². The van der Waals surface area contributed by atoms with Crippen molar-refractivity contribution in [1.29, 1.82) is 0 Å². The van der Waals surface area contributed by atoms with E-state index in [-0.39, 0.29) is 6.29 Å². The van der Waals surface area contributed by atoms with Crippen LogP contribution in [0.15, 0.2) is 36.3 Å². The molecule has 0 aliphatic carbocycles. The molecular weight excluding hydrogens is 246 g/mol. The highest BCUT2D eigenvalue weighted by molar-refractivity contribution is 5.87. The molecule has 1 aliphatic heterocycles. The highest BCUT2D eigenvalue weighted by Gasteiger charge is 2.22. The van der Waals surface area contributed by atoms with E-state index < -0.39 is 5.97 Å². The van der Waals surface area contributed by atoms with Crippen molar-refractivity contribution in [3.8, 4) is 0 Å². The molecule has 1 aliphatic rings. The number of ether oxygens (including phenoxy) is 1. The number of nitrogens with one attached hydrogen (secondary N) is 3. The lowest BCUT2D eigenvalue weighted by Crippen LogP contribution is -2.57. The second kappa shape index (κ2) is 6.05. The summed E-state index contributed by atoms with van der Waals surface area (Å²) in [4.78, 5) is 17.5. The van der Waals surface area contributed by atoms with Crippen molar-refractivity contribution < 1.29 is 9.53 Å². The van der Waals surface area contributed by atoms with Gasteiger partial charge in [0.2, 0.25) is 0 Å². The fourth-order valence-electron chi connectivity index (χ4n) is 1.60. The number of aromatic nitrogens is 1. The van der Waals surface area contributed by atoms with Crippen LogP contribution in [0.2, 0.25) is 0 Å². The number of rotatable bonds is 4. The highest BCUT2D eigenvalue weighted by Crippen LogP contribution is 2.08. The summed E-state index contributed by atoms with van der Waals surface area (Å²) in [5.74, 6) is 0.347. The van der Waals surface area contributed by atoms with Crippen LogP contribution in [0.25, 0.3) is 0 Å². The number of nitrogens with zero attached hydrogens (tertiary/aromatic N) is 2. The van der Waals surface area contributed by atoms with Crippen LogP contribution in [-0.2, 0) is 9.53 Å². The minimum absolute atomic E-state index is 0.215. The van der Waals surface area contributed by atoms with E-state index in [0.29, 0.717) is 12.3 Å². The van der Waals surface area contributed by atoms with E-state index in [1.54, 1.807) is 19.3 Å². The number of esters is 1. The molecule has 0 radical (unpaired) electrons. The zero-order chi connectivity index (χ0) is 13.7. The van der Waals surface area contributed by atoms with E-state index in [1.807, 2.05) is 30.1 Å². The van der Waals surface area contributed by atoms with Crippen LogP contribution in [0.4, 0.5) is 5.82 Å². The minimum atomic E-state index is -0.391. The summed E-state index contributed by atoms with van der Waals surface area (Å²) in [6.45, 7) is 2.11. The van der Waals surface area contributed by atoms with Crippen LogP contribution in [0.1, 0.15) is 6.92 Å². The maximum absolute atomic E-state index is 11.6. The molecule has 7 heteroatoms. The number of carbonyl (C=O) groups excluding carboxylic acids is 1. The Hall–Kier alpha value is -2.28. The van der Waals surface area contributed by atoms with Crippen molar-refractivity contribution in [3.63, 3.8) is 0 Å². The predicted octanol–water partition coefficient (Wildman–Crippen LogP) is 0.221. The van der Waals surface area contributed by atoms with Crippen LogP contribution >= 0.6 is 0 Å². The van der Waals surface area contributed by atoms with E-state index >= 15 is 0 Å². The summed E-state index contributed by atoms with van der Waals surface area (Å²) in [6, 6.07) is 5.60. The molecule has 0 aromatic carbocycles. The Balaban J connectivity index is 1.98. The average Bonchev–Trinajstić information content (AvgIpc) is 2.42. The summed E-state index contributed by atoms with van der Waals surface area (Å²) in [5, 5.41) is 3.17. The zero-order valence-electron chi connectivity index (χ0n) is 10.9. The topological polar surface area (TPSA) is 78.5 Å². The molecule has 3 N–H and O–H groups in total. The molecule has 0 saturated carbocycles. The van der Waals surface area contributed by atoms with Gasteiger partial charge in [0.25, 0.3) is 0 Å². The van der Waals surface area contributed by atoms with E-state index in [1.165, 1.54) is 0 Å². The Labute approximate surface area is 111 Å². The second-order valence-electron chi connectivity index (χ2n) is 3.96. The smallest absolute Gasteiger partial charge is 0.357 e. The summed E-state index contributed by atoms with van der Waals surface area (Å²) in [5.41, 5.74) is 6.14. The lowest BCUT2D eigenvalue weighted by Gasteiger charge is -2.33. The average molecular weight is 263 g/mol. The van der Waals surface area contributed by atoms with Crippen LogP contribution in [0.3, 0.4) is 0 Å². The van der Waals surface area contributed by atoms with Gasteiger partial charge in [0, 0.05) is 19.4 Å². The quantitative estimate of drug-likeness (QED) is 0.671. The van der Waals surface area contributed by atoms with E-state index in [9.17, 15) is 4.79 Å². The lowest BCUT2D eigenvalue weighted by molar-refractivity contribution is -0.139. The summed E-state index contributed by atoms with van der Waals surface area (Å²) >= 11 is 0. The largest absolute Gasteiger partial charge is 0.461 e. The Morgan fingerprint density at radius 3 is 3.05 bits per heavy atom. The first-order valence-electron chi connectivity index (χ1n) is 6.00. The SMILES string of the molecule is CCOC(=O)C1=CN(C)C(Nc2ccccn2)NN1. The van der Waals surface area contributed by atoms with Crippen LogP contribution in [-0.4, -0.2) is 35.8 Å². The molecule has 1 aromatic heterocycles. The monoisotopic (exact) mass is 263 g/mol. The molecule has 0 amide bonds. The van der Waals surface area contributed by atoms with E-state index in [2.05, 4.69) is 21.2 Å². The van der Waals surface area contributed by atoms with Crippen LogP contribution in [0.5, 0.6) is 0 Å². The first kappa shape index (κ1) is 13.2.